The first-order valence-electron chi connectivity index (χ1n) is 17.1. The van der Waals surface area contributed by atoms with Crippen molar-refractivity contribution in [3.8, 4) is 22.3 Å². The molecule has 0 radical (unpaired) electrons. The molecule has 1 unspecified atom stereocenters. The summed E-state index contributed by atoms with van der Waals surface area (Å²) < 4.78 is 11.1. The summed E-state index contributed by atoms with van der Waals surface area (Å²) in [5.41, 5.74) is 5.83. The molecule has 0 bridgehead atoms. The second-order valence-electron chi connectivity index (χ2n) is 17.2. The number of rotatable bonds is 6. The SMILES string of the molecule is CC(C)(C)OC(=O)NC(c1nc2ccc(-c3ccc(-c4ccc5nc([C@@H](NC(=O)OC(C)(C)C)C(C)(C)C)[nH]c5c4)cc3)cc2[nH]1)C(C)(C)C. The van der Waals surface area contributed by atoms with E-state index < -0.39 is 23.4 Å². The Morgan fingerprint density at radius 1 is 0.540 bits per heavy atom. The highest BCUT2D eigenvalue weighted by Gasteiger charge is 2.33. The van der Waals surface area contributed by atoms with Gasteiger partial charge in [0.1, 0.15) is 22.9 Å². The molecule has 2 aromatic heterocycles. The summed E-state index contributed by atoms with van der Waals surface area (Å²) in [4.78, 5) is 41.9. The number of aromatic amines is 2. The summed E-state index contributed by atoms with van der Waals surface area (Å²) in [5, 5.41) is 6.03. The number of H-pyrrole nitrogens is 2. The highest BCUT2D eigenvalue weighted by atomic mass is 16.6. The smallest absolute Gasteiger partial charge is 0.408 e. The van der Waals surface area contributed by atoms with Gasteiger partial charge >= 0.3 is 12.2 Å². The van der Waals surface area contributed by atoms with Crippen LogP contribution in [0.3, 0.4) is 0 Å². The Labute approximate surface area is 295 Å². The summed E-state index contributed by atoms with van der Waals surface area (Å²) in [7, 11) is 0. The van der Waals surface area contributed by atoms with E-state index in [1.54, 1.807) is 0 Å². The summed E-state index contributed by atoms with van der Waals surface area (Å²) in [6, 6.07) is 20.0. The lowest BCUT2D eigenvalue weighted by Gasteiger charge is -2.31. The minimum absolute atomic E-state index is 0.310. The molecular weight excluding hydrogens is 628 g/mol. The zero-order chi connectivity index (χ0) is 36.8. The van der Waals surface area contributed by atoms with Gasteiger partial charge in [-0.15, -0.1) is 0 Å². The molecule has 4 N–H and O–H groups in total. The number of hydrogen-bond acceptors (Lipinski definition) is 6. The maximum absolute atomic E-state index is 12.7. The van der Waals surface area contributed by atoms with Crippen LogP contribution in [0.1, 0.15) is 107 Å². The first kappa shape index (κ1) is 36.4. The molecule has 3 aromatic carbocycles. The van der Waals surface area contributed by atoms with Crippen LogP contribution in [0.2, 0.25) is 0 Å². The third-order valence-corrected chi connectivity index (χ3v) is 8.15. The number of benzene rings is 3. The van der Waals surface area contributed by atoms with Crippen LogP contribution in [0.15, 0.2) is 60.7 Å². The van der Waals surface area contributed by atoms with Crippen molar-refractivity contribution in [3.63, 3.8) is 0 Å². The molecule has 0 saturated carbocycles. The van der Waals surface area contributed by atoms with E-state index in [9.17, 15) is 9.59 Å². The van der Waals surface area contributed by atoms with Crippen molar-refractivity contribution in [2.75, 3.05) is 0 Å². The molecule has 2 amide bonds. The fraction of sp³-hybridized carbons (Fsp3) is 0.450. The molecule has 266 valence electrons. The summed E-state index contributed by atoms with van der Waals surface area (Å²) in [5.74, 6) is 1.36. The van der Waals surface area contributed by atoms with Crippen molar-refractivity contribution in [2.24, 2.45) is 10.8 Å². The number of nitrogens with zero attached hydrogens (tertiary/aromatic N) is 2. The molecular formula is C40H52N6O4. The number of nitrogens with one attached hydrogen (secondary N) is 4. The van der Waals surface area contributed by atoms with E-state index in [0.717, 1.165) is 44.3 Å². The normalized spacial score (nSPS) is 14.0. The molecule has 10 heteroatoms. The number of fused-ring (bicyclic) bond motifs is 2. The highest BCUT2D eigenvalue weighted by Crippen LogP contribution is 2.36. The fourth-order valence-electron chi connectivity index (χ4n) is 5.79. The van der Waals surface area contributed by atoms with Crippen LogP contribution >= 0.6 is 0 Å². The van der Waals surface area contributed by atoms with Crippen LogP contribution in [0.25, 0.3) is 44.3 Å². The van der Waals surface area contributed by atoms with Crippen LogP contribution in [0.5, 0.6) is 0 Å². The minimum atomic E-state index is -0.599. The topological polar surface area (TPSA) is 134 Å². The minimum Gasteiger partial charge on any atom is -0.444 e. The van der Waals surface area contributed by atoms with Crippen molar-refractivity contribution in [1.82, 2.24) is 30.6 Å². The second-order valence-corrected chi connectivity index (χ2v) is 17.2. The molecule has 0 aliphatic carbocycles. The maximum Gasteiger partial charge on any atom is 0.408 e. The largest absolute Gasteiger partial charge is 0.444 e. The molecule has 10 nitrogen and oxygen atoms in total. The van der Waals surface area contributed by atoms with Gasteiger partial charge in [0.15, 0.2) is 0 Å². The van der Waals surface area contributed by atoms with Crippen molar-refractivity contribution in [1.29, 1.82) is 0 Å². The molecule has 5 aromatic rings. The predicted molar refractivity (Wildman–Crippen MR) is 200 cm³/mol. The number of amides is 2. The fourth-order valence-corrected chi connectivity index (χ4v) is 5.79. The lowest BCUT2D eigenvalue weighted by Crippen LogP contribution is -2.40. The molecule has 5 rings (SSSR count). The maximum atomic E-state index is 12.7. The van der Waals surface area contributed by atoms with E-state index >= 15 is 0 Å². The lowest BCUT2D eigenvalue weighted by atomic mass is 9.86. The van der Waals surface area contributed by atoms with Crippen LogP contribution in [0.4, 0.5) is 9.59 Å². The number of carbonyl (C=O) groups is 2. The molecule has 50 heavy (non-hydrogen) atoms. The van der Waals surface area contributed by atoms with E-state index in [4.69, 9.17) is 19.4 Å². The van der Waals surface area contributed by atoms with Gasteiger partial charge < -0.3 is 30.1 Å². The summed E-state index contributed by atoms with van der Waals surface area (Å²) in [6.45, 7) is 23.4. The Morgan fingerprint density at radius 3 is 1.16 bits per heavy atom. The van der Waals surface area contributed by atoms with E-state index in [-0.39, 0.29) is 22.9 Å². The highest BCUT2D eigenvalue weighted by molar-refractivity contribution is 5.85. The average Bonchev–Trinajstić information content (AvgIpc) is 3.59. The van der Waals surface area contributed by atoms with Crippen LogP contribution < -0.4 is 10.6 Å². The van der Waals surface area contributed by atoms with Crippen molar-refractivity contribution < 1.29 is 19.1 Å². The van der Waals surface area contributed by atoms with Crippen LogP contribution in [0, 0.1) is 10.8 Å². The monoisotopic (exact) mass is 680 g/mol. The van der Waals surface area contributed by atoms with Gasteiger partial charge in [0.2, 0.25) is 0 Å². The number of hydrogen-bond donors (Lipinski definition) is 4. The van der Waals surface area contributed by atoms with Gasteiger partial charge in [-0.05, 0) is 98.9 Å². The third-order valence-electron chi connectivity index (χ3n) is 8.15. The van der Waals surface area contributed by atoms with Gasteiger partial charge in [0, 0.05) is 0 Å². The van der Waals surface area contributed by atoms with Gasteiger partial charge in [-0.3, -0.25) is 0 Å². The first-order valence-corrected chi connectivity index (χ1v) is 17.1. The Balaban J connectivity index is 1.37. The Morgan fingerprint density at radius 2 is 0.860 bits per heavy atom. The van der Waals surface area contributed by atoms with Gasteiger partial charge in [0.05, 0.1) is 34.2 Å². The number of ether oxygens (including phenoxy) is 2. The zero-order valence-corrected chi connectivity index (χ0v) is 31.5. The molecule has 0 saturated heterocycles. The molecule has 0 aliphatic rings. The van der Waals surface area contributed by atoms with Crippen molar-refractivity contribution in [3.05, 3.63) is 72.3 Å². The van der Waals surface area contributed by atoms with Crippen LogP contribution in [-0.4, -0.2) is 43.3 Å². The van der Waals surface area contributed by atoms with Gasteiger partial charge in [-0.2, -0.15) is 0 Å². The standard InChI is InChI=1S/C40H52N6O4/c1-37(2,3)31(45-35(47)49-39(7,8)9)33-41-27-19-17-25(21-29(27)43-33)23-13-15-24(16-14-23)26-18-20-28-30(22-26)44-34(42-28)32(38(4,5)6)46-36(48)50-40(10,11)12/h13-22,31-32H,1-12H3,(H,41,43)(H,42,44)(H,45,47)(H,46,48)/t31-,32?/m1/s1. The van der Waals surface area contributed by atoms with E-state index in [0.29, 0.717) is 11.6 Å². The summed E-state index contributed by atoms with van der Waals surface area (Å²) >= 11 is 0. The molecule has 2 atom stereocenters. The summed E-state index contributed by atoms with van der Waals surface area (Å²) in [6.07, 6.45) is -0.954. The average molecular weight is 681 g/mol. The van der Waals surface area contributed by atoms with Gasteiger partial charge in [-0.1, -0.05) is 77.9 Å². The second kappa shape index (κ2) is 13.1. The number of carbonyl (C=O) groups excluding carboxylic acids is 2. The quantitative estimate of drug-likeness (QED) is 0.141. The lowest BCUT2D eigenvalue weighted by molar-refractivity contribution is 0.0448. The number of imidazole rings is 2. The Kier molecular flexibility index (Phi) is 9.55. The van der Waals surface area contributed by atoms with Crippen LogP contribution in [-0.2, 0) is 9.47 Å². The van der Waals surface area contributed by atoms with Crippen molar-refractivity contribution >= 4 is 34.3 Å². The Bertz CT molecular complexity index is 1850. The van der Waals surface area contributed by atoms with E-state index in [1.807, 2.05) is 53.7 Å². The van der Waals surface area contributed by atoms with Gasteiger partial charge in [-0.25, -0.2) is 19.6 Å². The molecule has 0 aliphatic heterocycles. The predicted octanol–water partition coefficient (Wildman–Crippen LogP) is 10.00. The third kappa shape index (κ3) is 8.83. The first-order chi connectivity index (χ1) is 23.1. The molecule has 2 heterocycles. The number of alkyl carbamates (subject to hydrolysis) is 2. The zero-order valence-electron chi connectivity index (χ0n) is 31.5. The molecule has 0 spiro atoms. The number of aromatic nitrogens is 4. The van der Waals surface area contributed by atoms with Gasteiger partial charge in [0.25, 0.3) is 0 Å². The Hall–Kier alpha value is -4.86. The van der Waals surface area contributed by atoms with Crippen molar-refractivity contribution in [2.45, 2.75) is 106 Å². The van der Waals surface area contributed by atoms with E-state index in [1.165, 1.54) is 0 Å². The molecule has 0 fully saturated rings. The van der Waals surface area contributed by atoms with E-state index in [2.05, 4.69) is 111 Å².